The van der Waals surface area contributed by atoms with Gasteiger partial charge in [-0.2, -0.15) is 0 Å². The maximum Gasteiger partial charge on any atom is 0.495 e. The number of esters is 1. The summed E-state index contributed by atoms with van der Waals surface area (Å²) in [6.07, 6.45) is 5.76. The lowest BCUT2D eigenvalue weighted by molar-refractivity contribution is -0.142. The summed E-state index contributed by atoms with van der Waals surface area (Å²) in [7, 11) is -4.41. The molecule has 0 bridgehead atoms. The number of ether oxygens (including phenoxy) is 1. The number of nitrogens with zero attached hydrogens (tertiary/aromatic N) is 1. The van der Waals surface area contributed by atoms with Gasteiger partial charge < -0.3 is 18.9 Å². The Morgan fingerprint density at radius 1 is 1.19 bits per heavy atom. The van der Waals surface area contributed by atoms with Crippen LogP contribution in [0.1, 0.15) is 59.9 Å². The van der Waals surface area contributed by atoms with Gasteiger partial charge in [0.15, 0.2) is 5.75 Å². The highest BCUT2D eigenvalue weighted by Gasteiger charge is 2.52. The summed E-state index contributed by atoms with van der Waals surface area (Å²) in [5, 5.41) is -0.509. The van der Waals surface area contributed by atoms with Crippen LogP contribution in [-0.2, 0) is 35.3 Å². The Morgan fingerprint density at radius 3 is 2.36 bits per heavy atom. The molecule has 0 unspecified atom stereocenters. The SMILES string of the molecule is C=C/C(B1OC(C)(C)C(C)(C)O1)=C(C)/C=C\N(Oc1ccccc1CC(=O)OCC)S(=O)(=O)C1CC1. The maximum atomic E-state index is 13.2. The number of allylic oxidation sites excluding steroid dienone is 4. The second-order valence-corrected chi connectivity index (χ2v) is 12.0. The van der Waals surface area contributed by atoms with E-state index in [2.05, 4.69) is 6.58 Å². The molecule has 1 aromatic rings. The lowest BCUT2D eigenvalue weighted by Crippen LogP contribution is -2.41. The van der Waals surface area contributed by atoms with Gasteiger partial charge in [-0.1, -0.05) is 30.9 Å². The molecular weight excluding hydrogens is 481 g/mol. The molecule has 8 nitrogen and oxygen atoms in total. The van der Waals surface area contributed by atoms with Crippen molar-refractivity contribution in [2.45, 2.75) is 77.3 Å². The number of carbonyl (C=O) groups is 1. The largest absolute Gasteiger partial charge is 0.495 e. The smallest absolute Gasteiger partial charge is 0.466 e. The van der Waals surface area contributed by atoms with Gasteiger partial charge in [0.05, 0.1) is 35.7 Å². The quantitative estimate of drug-likeness (QED) is 0.184. The van der Waals surface area contributed by atoms with E-state index in [1.54, 1.807) is 43.3 Å². The summed E-state index contributed by atoms with van der Waals surface area (Å²) in [6, 6.07) is 6.80. The zero-order valence-corrected chi connectivity index (χ0v) is 22.8. The van der Waals surface area contributed by atoms with Crippen molar-refractivity contribution in [3.63, 3.8) is 0 Å². The number of sulfonamides is 1. The minimum absolute atomic E-state index is 0.0352. The lowest BCUT2D eigenvalue weighted by Gasteiger charge is -2.32. The second-order valence-electron chi connectivity index (χ2n) is 9.93. The highest BCUT2D eigenvalue weighted by Crippen LogP contribution is 2.39. The average molecular weight is 517 g/mol. The Kier molecular flexibility index (Phi) is 8.42. The van der Waals surface area contributed by atoms with E-state index in [9.17, 15) is 13.2 Å². The van der Waals surface area contributed by atoms with Crippen LogP contribution in [0.4, 0.5) is 0 Å². The van der Waals surface area contributed by atoms with E-state index in [0.717, 1.165) is 4.47 Å². The Hall–Kier alpha value is -2.56. The van der Waals surface area contributed by atoms with Crippen LogP contribution in [0.25, 0.3) is 0 Å². The molecule has 1 saturated heterocycles. The van der Waals surface area contributed by atoms with Crippen LogP contribution >= 0.6 is 0 Å². The molecule has 0 amide bonds. The number of benzene rings is 1. The predicted octanol–water partition coefficient (Wildman–Crippen LogP) is 4.53. The van der Waals surface area contributed by atoms with Crippen LogP contribution in [0.2, 0.25) is 0 Å². The number of carbonyl (C=O) groups excluding carboxylic acids is 1. The van der Waals surface area contributed by atoms with E-state index >= 15 is 0 Å². The first-order valence-electron chi connectivity index (χ1n) is 12.1. The average Bonchev–Trinajstić information content (AvgIpc) is 3.60. The van der Waals surface area contributed by atoms with Crippen molar-refractivity contribution < 1.29 is 32.1 Å². The summed E-state index contributed by atoms with van der Waals surface area (Å²) in [5.41, 5.74) is 0.877. The summed E-state index contributed by atoms with van der Waals surface area (Å²) in [5.74, 6) is -0.159. The summed E-state index contributed by atoms with van der Waals surface area (Å²) < 4.78 is 44.6. The van der Waals surface area contributed by atoms with Gasteiger partial charge in [-0.25, -0.2) is 8.42 Å². The molecule has 2 aliphatic rings. The van der Waals surface area contributed by atoms with E-state index < -0.39 is 39.6 Å². The first kappa shape index (κ1) is 28.0. The molecule has 1 aromatic carbocycles. The zero-order valence-electron chi connectivity index (χ0n) is 21.9. The highest BCUT2D eigenvalue weighted by molar-refractivity contribution is 7.90. The van der Waals surface area contributed by atoms with Gasteiger partial charge in [-0.3, -0.25) is 4.79 Å². The molecule has 3 rings (SSSR count). The lowest BCUT2D eigenvalue weighted by atomic mass is 9.75. The van der Waals surface area contributed by atoms with Crippen molar-refractivity contribution in [2.75, 3.05) is 6.61 Å². The summed E-state index contributed by atoms with van der Waals surface area (Å²) >= 11 is 0. The number of para-hydroxylation sites is 1. The minimum Gasteiger partial charge on any atom is -0.466 e. The molecule has 0 spiro atoms. The van der Waals surface area contributed by atoms with Gasteiger partial charge in [-0.15, -0.1) is 4.47 Å². The van der Waals surface area contributed by atoms with Crippen molar-refractivity contribution >= 4 is 23.1 Å². The minimum atomic E-state index is -3.77. The summed E-state index contributed by atoms with van der Waals surface area (Å²) in [4.78, 5) is 17.9. The van der Waals surface area contributed by atoms with E-state index in [1.165, 1.54) is 6.20 Å². The molecule has 1 heterocycles. The normalized spacial score (nSPS) is 19.7. The molecule has 1 saturated carbocycles. The van der Waals surface area contributed by atoms with Gasteiger partial charge in [0, 0.05) is 5.56 Å². The van der Waals surface area contributed by atoms with Crippen LogP contribution in [0.3, 0.4) is 0 Å². The zero-order chi connectivity index (χ0) is 26.7. The van der Waals surface area contributed by atoms with Gasteiger partial charge in [0.25, 0.3) is 10.0 Å². The molecule has 196 valence electrons. The molecule has 0 atom stereocenters. The fourth-order valence-electron chi connectivity index (χ4n) is 3.57. The van der Waals surface area contributed by atoms with Crippen LogP contribution in [0, 0.1) is 0 Å². The molecule has 0 aromatic heterocycles. The van der Waals surface area contributed by atoms with Crippen LogP contribution < -0.4 is 4.84 Å². The van der Waals surface area contributed by atoms with Crippen molar-refractivity contribution in [3.05, 3.63) is 65.8 Å². The topological polar surface area (TPSA) is 91.4 Å². The van der Waals surface area contributed by atoms with Crippen molar-refractivity contribution in [1.82, 2.24) is 4.47 Å². The Morgan fingerprint density at radius 2 is 1.81 bits per heavy atom. The number of hydrogen-bond acceptors (Lipinski definition) is 7. The van der Waals surface area contributed by atoms with Gasteiger partial charge in [0.1, 0.15) is 0 Å². The van der Waals surface area contributed by atoms with E-state index in [4.69, 9.17) is 18.9 Å². The number of rotatable bonds is 11. The first-order valence-corrected chi connectivity index (χ1v) is 13.6. The first-order chi connectivity index (χ1) is 16.8. The standard InChI is InChI=1S/C26H36BNO7S/c1-8-22(27-34-25(4,5)26(6,7)35-27)19(3)16-17-28(36(30,31)21-14-15-21)33-23-13-11-10-12-20(23)18-24(29)32-9-2/h8,10-13,16-17,21H,1,9,14-15,18H2,2-7H3/b17-16-,22-19-. The molecule has 0 radical (unpaired) electrons. The van der Waals surface area contributed by atoms with E-state index in [1.807, 2.05) is 34.6 Å². The second kappa shape index (κ2) is 10.8. The molecule has 36 heavy (non-hydrogen) atoms. The van der Waals surface area contributed by atoms with Crippen LogP contribution in [-0.4, -0.2) is 49.0 Å². The van der Waals surface area contributed by atoms with E-state index in [0.29, 0.717) is 29.5 Å². The van der Waals surface area contributed by atoms with Crippen LogP contribution in [0.15, 0.2) is 60.2 Å². The number of hydroxylamine groups is 1. The van der Waals surface area contributed by atoms with Crippen molar-refractivity contribution in [1.29, 1.82) is 0 Å². The molecule has 0 N–H and O–H groups in total. The fraction of sp³-hybridized carbons (Fsp3) is 0.500. The highest BCUT2D eigenvalue weighted by atomic mass is 32.2. The van der Waals surface area contributed by atoms with Crippen LogP contribution in [0.5, 0.6) is 5.75 Å². The molecule has 10 heteroatoms. The van der Waals surface area contributed by atoms with Gasteiger partial charge >= 0.3 is 13.1 Å². The van der Waals surface area contributed by atoms with E-state index in [-0.39, 0.29) is 18.8 Å². The Balaban J connectivity index is 1.90. The third-order valence-corrected chi connectivity index (χ3v) is 8.64. The van der Waals surface area contributed by atoms with Crippen molar-refractivity contribution in [2.24, 2.45) is 0 Å². The Labute approximate surface area is 215 Å². The summed E-state index contributed by atoms with van der Waals surface area (Å²) in [6.45, 7) is 15.6. The Bertz CT molecular complexity index is 1140. The third kappa shape index (κ3) is 6.22. The molecular formula is C26H36BNO7S. The molecule has 2 fully saturated rings. The fourth-order valence-corrected chi connectivity index (χ4v) is 5.01. The monoisotopic (exact) mass is 517 g/mol. The predicted molar refractivity (Wildman–Crippen MR) is 139 cm³/mol. The number of hydrogen-bond donors (Lipinski definition) is 0. The van der Waals surface area contributed by atoms with Gasteiger partial charge in [0.2, 0.25) is 0 Å². The van der Waals surface area contributed by atoms with Gasteiger partial charge in [-0.05, 0) is 77.6 Å². The molecule has 1 aliphatic heterocycles. The maximum absolute atomic E-state index is 13.2. The molecule has 1 aliphatic carbocycles. The van der Waals surface area contributed by atoms with Crippen molar-refractivity contribution in [3.8, 4) is 5.75 Å². The third-order valence-electron chi connectivity index (χ3n) is 6.63.